The van der Waals surface area contributed by atoms with Crippen LogP contribution in [0.25, 0.3) is 0 Å². The molecule has 3 nitrogen and oxygen atoms in total. The topological polar surface area (TPSA) is 32.3 Å². The zero-order valence-electron chi connectivity index (χ0n) is 9.95. The molecule has 0 spiro atoms. The maximum absolute atomic E-state index is 11.8. The Kier molecular flexibility index (Phi) is 5.29. The number of hydrogen-bond donors (Lipinski definition) is 1. The van der Waals surface area contributed by atoms with Gasteiger partial charge in [-0.05, 0) is 32.9 Å². The molecular formula is C11H22N2OS. The van der Waals surface area contributed by atoms with Crippen LogP contribution in [0.3, 0.4) is 0 Å². The average molecular weight is 230 g/mol. The fourth-order valence-corrected chi connectivity index (χ4v) is 3.07. The van der Waals surface area contributed by atoms with Gasteiger partial charge >= 0.3 is 6.03 Å². The van der Waals surface area contributed by atoms with Gasteiger partial charge in [0.25, 0.3) is 0 Å². The molecule has 0 bridgehead atoms. The van der Waals surface area contributed by atoms with Crippen LogP contribution >= 0.6 is 11.8 Å². The van der Waals surface area contributed by atoms with Gasteiger partial charge in [-0.3, -0.25) is 0 Å². The Balaban J connectivity index is 2.42. The largest absolute Gasteiger partial charge is 0.334 e. The molecule has 2 amide bonds. The van der Waals surface area contributed by atoms with Gasteiger partial charge in [-0.25, -0.2) is 4.79 Å². The molecule has 0 heterocycles. The minimum absolute atomic E-state index is 0.103. The molecule has 0 aromatic carbocycles. The van der Waals surface area contributed by atoms with Crippen molar-refractivity contribution in [1.82, 2.24) is 10.2 Å². The minimum atomic E-state index is 0.103. The summed E-state index contributed by atoms with van der Waals surface area (Å²) in [5.74, 6) is 0. The maximum Gasteiger partial charge on any atom is 0.317 e. The standard InChI is InChI=1S/C11H22N2OS/c1-4-13(5-2)11(14)12-9-7-6-8-10(9)15-3/h9-10H,4-8H2,1-3H3,(H,12,14). The van der Waals surface area contributed by atoms with Gasteiger partial charge in [-0.1, -0.05) is 6.42 Å². The Morgan fingerprint density at radius 2 is 2.07 bits per heavy atom. The fourth-order valence-electron chi connectivity index (χ4n) is 2.13. The Morgan fingerprint density at radius 3 is 2.60 bits per heavy atom. The molecule has 0 radical (unpaired) electrons. The summed E-state index contributed by atoms with van der Waals surface area (Å²) in [6, 6.07) is 0.485. The van der Waals surface area contributed by atoms with E-state index < -0.39 is 0 Å². The van der Waals surface area contributed by atoms with Crippen LogP contribution in [0, 0.1) is 0 Å². The highest BCUT2D eigenvalue weighted by Crippen LogP contribution is 2.28. The molecule has 0 aromatic heterocycles. The summed E-state index contributed by atoms with van der Waals surface area (Å²) in [6.07, 6.45) is 5.75. The molecule has 88 valence electrons. The van der Waals surface area contributed by atoms with Crippen molar-refractivity contribution < 1.29 is 4.79 Å². The number of hydrogen-bond acceptors (Lipinski definition) is 2. The van der Waals surface area contributed by atoms with Gasteiger partial charge in [-0.2, -0.15) is 11.8 Å². The quantitative estimate of drug-likeness (QED) is 0.804. The maximum atomic E-state index is 11.8. The van der Waals surface area contributed by atoms with Gasteiger partial charge in [0.15, 0.2) is 0 Å². The zero-order chi connectivity index (χ0) is 11.3. The van der Waals surface area contributed by atoms with E-state index in [1.807, 2.05) is 30.5 Å². The van der Waals surface area contributed by atoms with Crippen LogP contribution in [0.4, 0.5) is 4.79 Å². The van der Waals surface area contributed by atoms with Gasteiger partial charge in [0.05, 0.1) is 0 Å². The Bertz CT molecular complexity index is 207. The molecule has 2 unspecified atom stereocenters. The molecule has 2 atom stereocenters. The lowest BCUT2D eigenvalue weighted by atomic mass is 10.2. The van der Waals surface area contributed by atoms with E-state index in [9.17, 15) is 4.79 Å². The van der Waals surface area contributed by atoms with E-state index >= 15 is 0 Å². The summed E-state index contributed by atoms with van der Waals surface area (Å²) in [7, 11) is 0. The summed E-state index contributed by atoms with van der Waals surface area (Å²) in [5, 5.41) is 3.76. The summed E-state index contributed by atoms with van der Waals surface area (Å²) >= 11 is 1.88. The fraction of sp³-hybridized carbons (Fsp3) is 0.909. The highest BCUT2D eigenvalue weighted by Gasteiger charge is 2.28. The number of thioether (sulfide) groups is 1. The highest BCUT2D eigenvalue weighted by atomic mass is 32.2. The zero-order valence-corrected chi connectivity index (χ0v) is 10.8. The predicted octanol–water partition coefficient (Wildman–Crippen LogP) is 2.32. The number of rotatable bonds is 4. The van der Waals surface area contributed by atoms with Crippen LogP contribution in [0.5, 0.6) is 0 Å². The number of carbonyl (C=O) groups excluding carboxylic acids is 1. The summed E-state index contributed by atoms with van der Waals surface area (Å²) in [4.78, 5) is 13.7. The van der Waals surface area contributed by atoms with Crippen molar-refractivity contribution in [2.75, 3.05) is 19.3 Å². The molecule has 1 aliphatic rings. The molecular weight excluding hydrogens is 208 g/mol. The first-order valence-corrected chi connectivity index (χ1v) is 7.09. The minimum Gasteiger partial charge on any atom is -0.334 e. The van der Waals surface area contributed by atoms with Crippen molar-refractivity contribution in [3.8, 4) is 0 Å². The molecule has 1 fully saturated rings. The Labute approximate surface area is 97.0 Å². The van der Waals surface area contributed by atoms with Gasteiger partial charge in [0.1, 0.15) is 0 Å². The van der Waals surface area contributed by atoms with Gasteiger partial charge in [-0.15, -0.1) is 0 Å². The first-order chi connectivity index (χ1) is 7.22. The van der Waals surface area contributed by atoms with Crippen molar-refractivity contribution in [3.63, 3.8) is 0 Å². The van der Waals surface area contributed by atoms with E-state index in [1.54, 1.807) is 0 Å². The van der Waals surface area contributed by atoms with E-state index in [4.69, 9.17) is 0 Å². The van der Waals surface area contributed by atoms with Crippen LogP contribution in [-0.4, -0.2) is 41.6 Å². The summed E-state index contributed by atoms with van der Waals surface area (Å²) in [5.41, 5.74) is 0. The van der Waals surface area contributed by atoms with Crippen molar-refractivity contribution in [3.05, 3.63) is 0 Å². The third-order valence-electron chi connectivity index (χ3n) is 3.11. The number of nitrogens with zero attached hydrogens (tertiary/aromatic N) is 1. The van der Waals surface area contributed by atoms with Crippen molar-refractivity contribution in [1.29, 1.82) is 0 Å². The van der Waals surface area contributed by atoms with Crippen LogP contribution < -0.4 is 5.32 Å². The second-order valence-electron chi connectivity index (χ2n) is 3.93. The lowest BCUT2D eigenvalue weighted by molar-refractivity contribution is 0.199. The lowest BCUT2D eigenvalue weighted by Crippen LogP contribution is -2.46. The molecule has 4 heteroatoms. The van der Waals surface area contributed by atoms with Crippen LogP contribution in [0.2, 0.25) is 0 Å². The molecule has 1 rings (SSSR count). The van der Waals surface area contributed by atoms with Gasteiger partial charge < -0.3 is 10.2 Å². The number of urea groups is 1. The average Bonchev–Trinajstić information content (AvgIpc) is 2.67. The van der Waals surface area contributed by atoms with E-state index in [0.717, 1.165) is 19.5 Å². The molecule has 0 saturated heterocycles. The molecule has 1 aliphatic carbocycles. The Hall–Kier alpha value is -0.380. The first kappa shape index (κ1) is 12.7. The summed E-state index contributed by atoms with van der Waals surface area (Å²) in [6.45, 7) is 5.62. The molecule has 15 heavy (non-hydrogen) atoms. The van der Waals surface area contributed by atoms with Crippen LogP contribution in [0.1, 0.15) is 33.1 Å². The van der Waals surface area contributed by atoms with E-state index in [1.165, 1.54) is 12.8 Å². The molecule has 1 saturated carbocycles. The van der Waals surface area contributed by atoms with E-state index in [2.05, 4.69) is 11.6 Å². The number of carbonyl (C=O) groups is 1. The van der Waals surface area contributed by atoms with Gasteiger partial charge in [0.2, 0.25) is 0 Å². The molecule has 1 N–H and O–H groups in total. The highest BCUT2D eigenvalue weighted by molar-refractivity contribution is 7.99. The SMILES string of the molecule is CCN(CC)C(=O)NC1CCCC1SC. The number of amides is 2. The third kappa shape index (κ3) is 3.30. The smallest absolute Gasteiger partial charge is 0.317 e. The second kappa shape index (κ2) is 6.26. The van der Waals surface area contributed by atoms with Crippen molar-refractivity contribution in [2.45, 2.75) is 44.4 Å². The first-order valence-electron chi connectivity index (χ1n) is 5.81. The second-order valence-corrected chi connectivity index (χ2v) is 5.01. The molecule has 0 aromatic rings. The van der Waals surface area contributed by atoms with Crippen LogP contribution in [0.15, 0.2) is 0 Å². The predicted molar refractivity (Wildman–Crippen MR) is 66.4 cm³/mol. The van der Waals surface area contributed by atoms with Crippen molar-refractivity contribution in [2.24, 2.45) is 0 Å². The Morgan fingerprint density at radius 1 is 1.40 bits per heavy atom. The monoisotopic (exact) mass is 230 g/mol. The van der Waals surface area contributed by atoms with E-state index in [-0.39, 0.29) is 6.03 Å². The lowest BCUT2D eigenvalue weighted by Gasteiger charge is -2.25. The van der Waals surface area contributed by atoms with Crippen LogP contribution in [-0.2, 0) is 0 Å². The third-order valence-corrected chi connectivity index (χ3v) is 4.28. The molecule has 0 aliphatic heterocycles. The number of nitrogens with one attached hydrogen (secondary N) is 1. The summed E-state index contributed by atoms with van der Waals surface area (Å²) < 4.78 is 0. The van der Waals surface area contributed by atoms with Crippen molar-refractivity contribution >= 4 is 17.8 Å². The van der Waals surface area contributed by atoms with E-state index in [0.29, 0.717) is 11.3 Å². The normalized spacial score (nSPS) is 25.3. The van der Waals surface area contributed by atoms with Gasteiger partial charge in [0, 0.05) is 24.4 Å².